The molecule has 0 aliphatic heterocycles. The first kappa shape index (κ1) is 13.6. The molecule has 0 saturated heterocycles. The molecule has 1 aromatic carbocycles. The van der Waals surface area contributed by atoms with Crippen LogP contribution >= 0.6 is 11.8 Å². The second-order valence-electron chi connectivity index (χ2n) is 4.48. The van der Waals surface area contributed by atoms with Gasteiger partial charge in [-0.2, -0.15) is 0 Å². The Morgan fingerprint density at radius 2 is 1.81 bits per heavy atom. The fraction of sp³-hybridized carbons (Fsp3) is 0.571. The Labute approximate surface area is 104 Å². The van der Waals surface area contributed by atoms with E-state index < -0.39 is 0 Å². The van der Waals surface area contributed by atoms with Crippen LogP contribution in [0.4, 0.5) is 0 Å². The Morgan fingerprint density at radius 3 is 2.25 bits per heavy atom. The molecule has 1 aromatic rings. The Bertz CT molecular complexity index is 292. The molecular weight excluding hydrogens is 214 g/mol. The molecule has 1 nitrogen and oxygen atoms in total. The maximum absolute atomic E-state index is 3.60. The van der Waals surface area contributed by atoms with Crippen LogP contribution in [0.2, 0.25) is 0 Å². The number of nitrogens with one attached hydrogen (secondary N) is 1. The minimum Gasteiger partial charge on any atom is -0.311 e. The van der Waals surface area contributed by atoms with Crippen LogP contribution in [0.3, 0.4) is 0 Å². The van der Waals surface area contributed by atoms with Gasteiger partial charge in [-0.15, -0.1) is 11.8 Å². The van der Waals surface area contributed by atoms with E-state index in [9.17, 15) is 0 Å². The summed E-state index contributed by atoms with van der Waals surface area (Å²) in [6, 6.07) is 10.1. The third-order valence-electron chi connectivity index (χ3n) is 2.70. The van der Waals surface area contributed by atoms with Gasteiger partial charge in [-0.25, -0.2) is 0 Å². The fourth-order valence-electron chi connectivity index (χ4n) is 1.84. The average Bonchev–Trinajstić information content (AvgIpc) is 2.28. The molecule has 0 radical (unpaired) electrons. The predicted octanol–water partition coefficient (Wildman–Crippen LogP) is 3.73. The lowest BCUT2D eigenvalue weighted by atomic mass is 10.0. The van der Waals surface area contributed by atoms with Crippen molar-refractivity contribution >= 4 is 11.8 Å². The van der Waals surface area contributed by atoms with Crippen LogP contribution in [-0.2, 0) is 6.42 Å². The maximum atomic E-state index is 3.60. The van der Waals surface area contributed by atoms with E-state index >= 15 is 0 Å². The Hall–Kier alpha value is -0.470. The molecule has 90 valence electrons. The molecule has 16 heavy (non-hydrogen) atoms. The molecule has 2 heteroatoms. The quantitative estimate of drug-likeness (QED) is 0.757. The van der Waals surface area contributed by atoms with Gasteiger partial charge in [-0.05, 0) is 36.8 Å². The molecule has 1 atom stereocenters. The van der Waals surface area contributed by atoms with Crippen LogP contribution in [0.25, 0.3) is 0 Å². The van der Waals surface area contributed by atoms with Gasteiger partial charge in [0.15, 0.2) is 0 Å². The third-order valence-corrected chi connectivity index (χ3v) is 3.45. The van der Waals surface area contributed by atoms with Gasteiger partial charge in [0.05, 0.1) is 0 Å². The van der Waals surface area contributed by atoms with E-state index in [2.05, 4.69) is 56.6 Å². The summed E-state index contributed by atoms with van der Waals surface area (Å²) in [4.78, 5) is 1.34. The summed E-state index contributed by atoms with van der Waals surface area (Å²) in [6.07, 6.45) is 4.43. The Balaban J connectivity index is 2.56. The van der Waals surface area contributed by atoms with Gasteiger partial charge in [0.2, 0.25) is 0 Å². The van der Waals surface area contributed by atoms with Crippen molar-refractivity contribution in [3.05, 3.63) is 29.8 Å². The maximum Gasteiger partial charge on any atom is 0.0107 e. The normalized spacial score (nSPS) is 13.1. The van der Waals surface area contributed by atoms with Gasteiger partial charge in [-0.1, -0.05) is 32.9 Å². The van der Waals surface area contributed by atoms with Crippen molar-refractivity contribution in [3.63, 3.8) is 0 Å². The molecule has 1 N–H and O–H groups in total. The minimum atomic E-state index is 0.565. The molecule has 0 aliphatic carbocycles. The molecule has 0 aliphatic rings. The Kier molecular flexibility index (Phi) is 5.93. The molecule has 0 fully saturated rings. The monoisotopic (exact) mass is 237 g/mol. The van der Waals surface area contributed by atoms with Crippen molar-refractivity contribution in [1.82, 2.24) is 5.32 Å². The highest BCUT2D eigenvalue weighted by Gasteiger charge is 2.08. The van der Waals surface area contributed by atoms with Crippen molar-refractivity contribution in [2.24, 2.45) is 0 Å². The summed E-state index contributed by atoms with van der Waals surface area (Å²) in [7, 11) is 0. The van der Waals surface area contributed by atoms with Gasteiger partial charge >= 0.3 is 0 Å². The summed E-state index contributed by atoms with van der Waals surface area (Å²) in [5.74, 6) is 0. The summed E-state index contributed by atoms with van der Waals surface area (Å²) in [5, 5.41) is 3.60. The summed E-state index contributed by atoms with van der Waals surface area (Å²) in [6.45, 7) is 6.66. The van der Waals surface area contributed by atoms with E-state index in [1.54, 1.807) is 11.8 Å². The molecule has 1 rings (SSSR count). The van der Waals surface area contributed by atoms with Crippen LogP contribution in [-0.4, -0.2) is 18.3 Å². The molecule has 0 heterocycles. The highest BCUT2D eigenvalue weighted by molar-refractivity contribution is 7.98. The van der Waals surface area contributed by atoms with Crippen molar-refractivity contribution in [1.29, 1.82) is 0 Å². The van der Waals surface area contributed by atoms with E-state index in [4.69, 9.17) is 0 Å². The highest BCUT2D eigenvalue weighted by Crippen LogP contribution is 2.16. The number of thioether (sulfide) groups is 1. The smallest absolute Gasteiger partial charge is 0.0107 e. The van der Waals surface area contributed by atoms with Crippen molar-refractivity contribution < 1.29 is 0 Å². The van der Waals surface area contributed by atoms with Gasteiger partial charge in [0.25, 0.3) is 0 Å². The van der Waals surface area contributed by atoms with Crippen LogP contribution in [0.1, 0.15) is 32.8 Å². The van der Waals surface area contributed by atoms with Crippen LogP contribution in [0, 0.1) is 0 Å². The van der Waals surface area contributed by atoms with Crippen LogP contribution in [0.5, 0.6) is 0 Å². The van der Waals surface area contributed by atoms with E-state index in [1.807, 2.05) is 0 Å². The van der Waals surface area contributed by atoms with Crippen molar-refractivity contribution in [2.45, 2.75) is 50.6 Å². The zero-order valence-corrected chi connectivity index (χ0v) is 11.6. The zero-order chi connectivity index (χ0) is 12.0. The number of hydrogen-bond donors (Lipinski definition) is 1. The second kappa shape index (κ2) is 6.97. The van der Waals surface area contributed by atoms with E-state index in [-0.39, 0.29) is 0 Å². The summed E-state index contributed by atoms with van der Waals surface area (Å²) in [5.41, 5.74) is 1.43. The standard InChI is InChI=1S/C14H23NS/c1-5-13(15-11(2)3)10-12-6-8-14(16-4)9-7-12/h6-9,11,13,15H,5,10H2,1-4H3. The largest absolute Gasteiger partial charge is 0.311 e. The lowest BCUT2D eigenvalue weighted by Crippen LogP contribution is -2.35. The number of hydrogen-bond acceptors (Lipinski definition) is 2. The topological polar surface area (TPSA) is 12.0 Å². The van der Waals surface area contributed by atoms with Gasteiger partial charge in [-0.3, -0.25) is 0 Å². The highest BCUT2D eigenvalue weighted by atomic mass is 32.2. The van der Waals surface area contributed by atoms with Crippen molar-refractivity contribution in [3.8, 4) is 0 Å². The van der Waals surface area contributed by atoms with Gasteiger partial charge in [0, 0.05) is 17.0 Å². The van der Waals surface area contributed by atoms with E-state index in [0.29, 0.717) is 12.1 Å². The molecule has 0 bridgehead atoms. The van der Waals surface area contributed by atoms with Crippen LogP contribution < -0.4 is 5.32 Å². The van der Waals surface area contributed by atoms with E-state index in [1.165, 1.54) is 16.9 Å². The lowest BCUT2D eigenvalue weighted by molar-refractivity contribution is 0.449. The van der Waals surface area contributed by atoms with Gasteiger partial charge < -0.3 is 5.32 Å². The Morgan fingerprint density at radius 1 is 1.19 bits per heavy atom. The average molecular weight is 237 g/mol. The molecular formula is C14H23NS. The molecule has 0 amide bonds. The summed E-state index contributed by atoms with van der Waals surface area (Å²) < 4.78 is 0. The van der Waals surface area contributed by atoms with Crippen molar-refractivity contribution in [2.75, 3.05) is 6.26 Å². The molecule has 0 saturated carbocycles. The predicted molar refractivity (Wildman–Crippen MR) is 74.3 cm³/mol. The first-order valence-electron chi connectivity index (χ1n) is 6.04. The van der Waals surface area contributed by atoms with Crippen LogP contribution in [0.15, 0.2) is 29.2 Å². The SMILES string of the molecule is CCC(Cc1ccc(SC)cc1)NC(C)C. The number of benzene rings is 1. The molecule has 1 unspecified atom stereocenters. The minimum absolute atomic E-state index is 0.565. The van der Waals surface area contributed by atoms with E-state index in [0.717, 1.165) is 6.42 Å². The molecule has 0 spiro atoms. The second-order valence-corrected chi connectivity index (χ2v) is 5.36. The first-order valence-corrected chi connectivity index (χ1v) is 7.27. The fourth-order valence-corrected chi connectivity index (χ4v) is 2.25. The zero-order valence-electron chi connectivity index (χ0n) is 10.8. The lowest BCUT2D eigenvalue weighted by Gasteiger charge is -2.19. The molecule has 0 aromatic heterocycles. The number of rotatable bonds is 6. The third kappa shape index (κ3) is 4.58. The first-order chi connectivity index (χ1) is 7.65. The van der Waals surface area contributed by atoms with Gasteiger partial charge in [0.1, 0.15) is 0 Å². The summed E-state index contributed by atoms with van der Waals surface area (Å²) >= 11 is 1.80.